The number of anilines is 1. The van der Waals surface area contributed by atoms with Crippen LogP contribution < -0.4 is 4.90 Å². The Balaban J connectivity index is 1.51. The first-order valence-corrected chi connectivity index (χ1v) is 10.2. The first kappa shape index (κ1) is 18.2. The number of pyridine rings is 1. The topological polar surface area (TPSA) is 82.2 Å². The molecule has 0 unspecified atom stereocenters. The summed E-state index contributed by atoms with van der Waals surface area (Å²) < 4.78 is 65.4. The molecule has 0 saturated carbocycles. The number of aromatic amines is 1. The Hall–Kier alpha value is -2.18. The standard InChI is InChI=1S/C15H14F3N5O2S2/c16-15(17,18)12-9-21-14(26-12)22-4-6-23(7-5-22)27(24,25)11-8-20-13-10(11)2-1-3-19-13/h1-3,8-9H,4-7H2,(H,19,20). The van der Waals surface area contributed by atoms with E-state index in [9.17, 15) is 21.6 Å². The number of halogens is 3. The fourth-order valence-corrected chi connectivity index (χ4v) is 5.35. The minimum atomic E-state index is -4.43. The lowest BCUT2D eigenvalue weighted by molar-refractivity contribution is -0.134. The molecular weight excluding hydrogens is 403 g/mol. The van der Waals surface area contributed by atoms with Crippen molar-refractivity contribution in [1.29, 1.82) is 0 Å². The van der Waals surface area contributed by atoms with E-state index in [0.717, 1.165) is 6.20 Å². The molecule has 7 nitrogen and oxygen atoms in total. The number of rotatable bonds is 3. The number of sulfonamides is 1. The van der Waals surface area contributed by atoms with Crippen LogP contribution in [-0.4, -0.2) is 53.9 Å². The van der Waals surface area contributed by atoms with Crippen molar-refractivity contribution in [2.75, 3.05) is 31.1 Å². The summed E-state index contributed by atoms with van der Waals surface area (Å²) in [5.74, 6) is 0. The van der Waals surface area contributed by atoms with Gasteiger partial charge >= 0.3 is 6.18 Å². The second-order valence-corrected chi connectivity index (χ2v) is 8.86. The van der Waals surface area contributed by atoms with Gasteiger partial charge in [0.15, 0.2) is 5.13 Å². The summed E-state index contributed by atoms with van der Waals surface area (Å²) in [6, 6.07) is 3.34. The molecule has 0 aromatic carbocycles. The van der Waals surface area contributed by atoms with Gasteiger partial charge in [-0.2, -0.15) is 17.5 Å². The Kier molecular flexibility index (Phi) is 4.35. The molecule has 1 N–H and O–H groups in total. The highest BCUT2D eigenvalue weighted by atomic mass is 32.2. The van der Waals surface area contributed by atoms with Crippen LogP contribution in [0.15, 0.2) is 35.6 Å². The summed E-state index contributed by atoms with van der Waals surface area (Å²) in [6.07, 6.45) is -0.639. The molecule has 0 bridgehead atoms. The van der Waals surface area contributed by atoms with Crippen LogP contribution in [0.1, 0.15) is 4.88 Å². The van der Waals surface area contributed by atoms with E-state index in [4.69, 9.17) is 0 Å². The lowest BCUT2D eigenvalue weighted by atomic mass is 10.3. The molecule has 1 aliphatic rings. The molecule has 1 aliphatic heterocycles. The smallest absolute Gasteiger partial charge is 0.345 e. The van der Waals surface area contributed by atoms with Gasteiger partial charge in [0.1, 0.15) is 15.4 Å². The SMILES string of the molecule is O=S(=O)(c1c[nH]c2ncccc12)N1CCN(c2ncc(C(F)(F)F)s2)CC1. The van der Waals surface area contributed by atoms with Crippen LogP contribution in [0.2, 0.25) is 0 Å². The number of nitrogens with one attached hydrogen (secondary N) is 1. The van der Waals surface area contributed by atoms with Crippen molar-refractivity contribution in [1.82, 2.24) is 19.3 Å². The Morgan fingerprint density at radius 1 is 1.15 bits per heavy atom. The summed E-state index contributed by atoms with van der Waals surface area (Å²) >= 11 is 0.563. The Labute approximate surface area is 156 Å². The molecule has 27 heavy (non-hydrogen) atoms. The van der Waals surface area contributed by atoms with E-state index in [2.05, 4.69) is 15.0 Å². The molecule has 1 fully saturated rings. The van der Waals surface area contributed by atoms with E-state index >= 15 is 0 Å². The van der Waals surface area contributed by atoms with E-state index in [1.165, 1.54) is 10.5 Å². The number of piperazine rings is 1. The molecule has 144 valence electrons. The van der Waals surface area contributed by atoms with E-state index in [-0.39, 0.29) is 36.2 Å². The van der Waals surface area contributed by atoms with Crippen LogP contribution in [-0.2, 0) is 16.2 Å². The normalized spacial score (nSPS) is 16.9. The second kappa shape index (κ2) is 6.46. The number of alkyl halides is 3. The predicted molar refractivity (Wildman–Crippen MR) is 94.2 cm³/mol. The molecular formula is C15H14F3N5O2S2. The zero-order valence-corrected chi connectivity index (χ0v) is 15.4. The van der Waals surface area contributed by atoms with Gasteiger partial charge in [0.05, 0.1) is 6.20 Å². The Bertz CT molecular complexity index is 1070. The first-order valence-electron chi connectivity index (χ1n) is 7.97. The van der Waals surface area contributed by atoms with E-state index in [1.807, 2.05) is 0 Å². The van der Waals surface area contributed by atoms with E-state index < -0.39 is 21.1 Å². The van der Waals surface area contributed by atoms with Crippen LogP contribution in [0.4, 0.5) is 18.3 Å². The largest absolute Gasteiger partial charge is 0.427 e. The van der Waals surface area contributed by atoms with Crippen molar-refractivity contribution in [3.05, 3.63) is 35.6 Å². The average molecular weight is 417 g/mol. The number of fused-ring (bicyclic) bond motifs is 1. The first-order chi connectivity index (χ1) is 12.8. The van der Waals surface area contributed by atoms with Crippen molar-refractivity contribution in [3.63, 3.8) is 0 Å². The minimum Gasteiger partial charge on any atom is -0.345 e. The number of H-pyrrole nitrogens is 1. The molecule has 3 aromatic rings. The molecule has 12 heteroatoms. The average Bonchev–Trinajstić information content (AvgIpc) is 3.29. The van der Waals surface area contributed by atoms with Gasteiger partial charge in [0.2, 0.25) is 10.0 Å². The Morgan fingerprint density at radius 3 is 2.56 bits per heavy atom. The third kappa shape index (κ3) is 3.28. The minimum absolute atomic E-state index is 0.146. The number of thiazole rings is 1. The van der Waals surface area contributed by atoms with Gasteiger partial charge in [-0.15, -0.1) is 0 Å². The molecule has 3 aromatic heterocycles. The van der Waals surface area contributed by atoms with Gasteiger partial charge in [-0.3, -0.25) is 0 Å². The summed E-state index contributed by atoms with van der Waals surface area (Å²) in [4.78, 5) is 11.8. The van der Waals surface area contributed by atoms with Crippen molar-refractivity contribution in [2.24, 2.45) is 0 Å². The van der Waals surface area contributed by atoms with E-state index in [1.54, 1.807) is 23.2 Å². The summed E-state index contributed by atoms with van der Waals surface area (Å²) in [5.41, 5.74) is 0.483. The van der Waals surface area contributed by atoms with Crippen LogP contribution in [0, 0.1) is 0 Å². The molecule has 0 atom stereocenters. The highest BCUT2D eigenvalue weighted by Gasteiger charge is 2.35. The molecule has 0 spiro atoms. The van der Waals surface area contributed by atoms with Crippen molar-refractivity contribution < 1.29 is 21.6 Å². The fourth-order valence-electron chi connectivity index (χ4n) is 2.95. The van der Waals surface area contributed by atoms with Crippen molar-refractivity contribution >= 4 is 37.5 Å². The maximum atomic E-state index is 12.9. The highest BCUT2D eigenvalue weighted by Crippen LogP contribution is 2.36. The number of aromatic nitrogens is 3. The molecule has 0 aliphatic carbocycles. The number of nitrogens with zero attached hydrogens (tertiary/aromatic N) is 4. The van der Waals surface area contributed by atoms with Crippen LogP contribution in [0.3, 0.4) is 0 Å². The maximum Gasteiger partial charge on any atom is 0.427 e. The molecule has 4 rings (SSSR count). The van der Waals surface area contributed by atoms with Gasteiger partial charge in [-0.1, -0.05) is 11.3 Å². The summed E-state index contributed by atoms with van der Waals surface area (Å²) in [7, 11) is -3.73. The van der Waals surface area contributed by atoms with Crippen LogP contribution in [0.5, 0.6) is 0 Å². The summed E-state index contributed by atoms with van der Waals surface area (Å²) in [5, 5.41) is 0.755. The lowest BCUT2D eigenvalue weighted by Crippen LogP contribution is -2.48. The highest BCUT2D eigenvalue weighted by molar-refractivity contribution is 7.89. The lowest BCUT2D eigenvalue weighted by Gasteiger charge is -2.33. The van der Waals surface area contributed by atoms with Gasteiger partial charge in [-0.05, 0) is 12.1 Å². The predicted octanol–water partition coefficient (Wildman–Crippen LogP) is 2.55. The third-order valence-electron chi connectivity index (χ3n) is 4.31. The Morgan fingerprint density at radius 2 is 1.89 bits per heavy atom. The molecule has 0 radical (unpaired) electrons. The monoisotopic (exact) mass is 417 g/mol. The maximum absolute atomic E-state index is 12.9. The van der Waals surface area contributed by atoms with Gasteiger partial charge in [-0.25, -0.2) is 18.4 Å². The van der Waals surface area contributed by atoms with Gasteiger partial charge in [0, 0.05) is 44.0 Å². The molecule has 0 amide bonds. The number of hydrogen-bond acceptors (Lipinski definition) is 6. The van der Waals surface area contributed by atoms with Crippen molar-refractivity contribution in [3.8, 4) is 0 Å². The second-order valence-electron chi connectivity index (χ2n) is 5.95. The quantitative estimate of drug-likeness (QED) is 0.708. The zero-order chi connectivity index (χ0) is 19.2. The van der Waals surface area contributed by atoms with Gasteiger partial charge in [0.25, 0.3) is 0 Å². The molecule has 4 heterocycles. The fraction of sp³-hybridized carbons (Fsp3) is 0.333. The van der Waals surface area contributed by atoms with Gasteiger partial charge < -0.3 is 9.88 Å². The summed E-state index contributed by atoms with van der Waals surface area (Å²) in [6.45, 7) is 0.863. The van der Waals surface area contributed by atoms with Crippen LogP contribution in [0.25, 0.3) is 11.0 Å². The molecule has 1 saturated heterocycles. The third-order valence-corrected chi connectivity index (χ3v) is 7.35. The van der Waals surface area contributed by atoms with Crippen molar-refractivity contribution in [2.45, 2.75) is 11.1 Å². The number of hydrogen-bond donors (Lipinski definition) is 1. The zero-order valence-electron chi connectivity index (χ0n) is 13.8. The van der Waals surface area contributed by atoms with E-state index in [0.29, 0.717) is 22.4 Å². The van der Waals surface area contributed by atoms with Crippen LogP contribution >= 0.6 is 11.3 Å².